The molecule has 28 heavy (non-hydrogen) atoms. The third kappa shape index (κ3) is 2.30. The summed E-state index contributed by atoms with van der Waals surface area (Å²) in [5.41, 5.74) is 0.634. The minimum atomic E-state index is -0.973. The molecule has 1 aliphatic carbocycles. The van der Waals surface area contributed by atoms with Crippen molar-refractivity contribution in [2.45, 2.75) is 36.9 Å². The SMILES string of the molecule is COC1=C[C@@H]2C[C@H]3[C@H](N(C)C)c4onc(OCc5ccccc5)c4C(O)[C@@]13O2. The number of hydrogen-bond donors (Lipinski definition) is 1. The fourth-order valence-corrected chi connectivity index (χ4v) is 5.03. The van der Waals surface area contributed by atoms with E-state index in [4.69, 9.17) is 18.7 Å². The van der Waals surface area contributed by atoms with Gasteiger partial charge in [0.1, 0.15) is 18.5 Å². The van der Waals surface area contributed by atoms with Crippen LogP contribution in [0.15, 0.2) is 46.7 Å². The van der Waals surface area contributed by atoms with Crippen LogP contribution in [0.1, 0.15) is 35.5 Å². The van der Waals surface area contributed by atoms with E-state index in [-0.39, 0.29) is 18.1 Å². The van der Waals surface area contributed by atoms with E-state index >= 15 is 0 Å². The van der Waals surface area contributed by atoms with Gasteiger partial charge in [-0.25, -0.2) is 0 Å². The maximum absolute atomic E-state index is 11.4. The molecule has 1 fully saturated rings. The van der Waals surface area contributed by atoms with E-state index < -0.39 is 11.7 Å². The first kappa shape index (κ1) is 17.7. The molecule has 5 atom stereocenters. The van der Waals surface area contributed by atoms with Crippen molar-refractivity contribution in [3.05, 3.63) is 59.1 Å². The van der Waals surface area contributed by atoms with Gasteiger partial charge in [0.15, 0.2) is 11.4 Å². The van der Waals surface area contributed by atoms with Gasteiger partial charge in [-0.3, -0.25) is 4.90 Å². The minimum Gasteiger partial charge on any atom is -0.498 e. The van der Waals surface area contributed by atoms with Crippen LogP contribution in [0, 0.1) is 5.92 Å². The van der Waals surface area contributed by atoms with Crippen molar-refractivity contribution in [2.75, 3.05) is 21.2 Å². The second-order valence-electron chi connectivity index (χ2n) is 7.88. The molecular formula is C21H24N2O5. The topological polar surface area (TPSA) is 77.2 Å². The average Bonchev–Trinajstić information content (AvgIpc) is 3.38. The molecule has 5 rings (SSSR count). The molecule has 1 aromatic heterocycles. The van der Waals surface area contributed by atoms with Crippen LogP contribution < -0.4 is 4.74 Å². The number of methoxy groups -OCH3 is 1. The van der Waals surface area contributed by atoms with Crippen molar-refractivity contribution in [1.29, 1.82) is 0 Å². The number of ether oxygens (including phenoxy) is 3. The molecule has 3 heterocycles. The number of nitrogens with zero attached hydrogens (tertiary/aromatic N) is 2. The van der Waals surface area contributed by atoms with Gasteiger partial charge in [-0.2, -0.15) is 0 Å². The molecular weight excluding hydrogens is 360 g/mol. The zero-order valence-electron chi connectivity index (χ0n) is 16.2. The lowest BCUT2D eigenvalue weighted by molar-refractivity contribution is -0.132. The van der Waals surface area contributed by atoms with Gasteiger partial charge in [0.2, 0.25) is 0 Å². The number of fused-ring (bicyclic) bond motifs is 2. The van der Waals surface area contributed by atoms with Crippen molar-refractivity contribution in [3.8, 4) is 5.88 Å². The van der Waals surface area contributed by atoms with Crippen LogP contribution in [0.3, 0.4) is 0 Å². The number of aromatic nitrogens is 1. The number of aliphatic hydroxyl groups excluding tert-OH is 1. The first-order valence-corrected chi connectivity index (χ1v) is 9.51. The lowest BCUT2D eigenvalue weighted by atomic mass is 9.66. The molecule has 3 aliphatic rings. The zero-order valence-corrected chi connectivity index (χ0v) is 16.2. The fraction of sp³-hybridized carbons (Fsp3) is 0.476. The van der Waals surface area contributed by atoms with Crippen LogP contribution in [-0.4, -0.2) is 48.1 Å². The highest BCUT2D eigenvalue weighted by atomic mass is 16.6. The Kier molecular flexibility index (Phi) is 4.01. The summed E-state index contributed by atoms with van der Waals surface area (Å²) in [4.78, 5) is 2.08. The van der Waals surface area contributed by atoms with Gasteiger partial charge in [0.05, 0.1) is 24.8 Å². The smallest absolute Gasteiger partial charge is 0.260 e. The maximum Gasteiger partial charge on any atom is 0.260 e. The van der Waals surface area contributed by atoms with Crippen molar-refractivity contribution < 1.29 is 23.8 Å². The third-order valence-electron chi connectivity index (χ3n) is 6.15. The molecule has 1 N–H and O–H groups in total. The summed E-state index contributed by atoms with van der Waals surface area (Å²) in [6.45, 7) is 0.339. The monoisotopic (exact) mass is 384 g/mol. The lowest BCUT2D eigenvalue weighted by Gasteiger charge is -2.46. The van der Waals surface area contributed by atoms with Crippen LogP contribution in [-0.2, 0) is 16.1 Å². The number of hydrogen-bond acceptors (Lipinski definition) is 7. The van der Waals surface area contributed by atoms with Crippen LogP contribution in [0.25, 0.3) is 0 Å². The van der Waals surface area contributed by atoms with Crippen LogP contribution in [0.4, 0.5) is 0 Å². The van der Waals surface area contributed by atoms with Crippen molar-refractivity contribution >= 4 is 0 Å². The van der Waals surface area contributed by atoms with E-state index in [2.05, 4.69) is 10.1 Å². The van der Waals surface area contributed by atoms with Gasteiger partial charge >= 0.3 is 0 Å². The molecule has 2 aliphatic heterocycles. The minimum absolute atomic E-state index is 0.00451. The number of rotatable bonds is 5. The molecule has 0 radical (unpaired) electrons. The van der Waals surface area contributed by atoms with E-state index in [0.29, 0.717) is 29.6 Å². The molecule has 1 unspecified atom stereocenters. The van der Waals surface area contributed by atoms with E-state index in [0.717, 1.165) is 12.0 Å². The summed E-state index contributed by atoms with van der Waals surface area (Å²) in [6, 6.07) is 9.74. The largest absolute Gasteiger partial charge is 0.498 e. The summed E-state index contributed by atoms with van der Waals surface area (Å²) in [6.07, 6.45) is 1.73. The van der Waals surface area contributed by atoms with Gasteiger partial charge < -0.3 is 23.8 Å². The second kappa shape index (κ2) is 6.34. The highest BCUT2D eigenvalue weighted by molar-refractivity contribution is 5.45. The second-order valence-corrected chi connectivity index (χ2v) is 7.88. The van der Waals surface area contributed by atoms with Crippen molar-refractivity contribution in [1.82, 2.24) is 10.1 Å². The van der Waals surface area contributed by atoms with E-state index in [9.17, 15) is 5.11 Å². The number of benzene rings is 1. The van der Waals surface area contributed by atoms with Gasteiger partial charge in [-0.1, -0.05) is 30.3 Å². The maximum atomic E-state index is 11.4. The van der Waals surface area contributed by atoms with Crippen molar-refractivity contribution in [2.24, 2.45) is 5.92 Å². The molecule has 0 saturated carbocycles. The Balaban J connectivity index is 1.56. The molecule has 2 bridgehead atoms. The molecule has 0 amide bonds. The first-order chi connectivity index (χ1) is 13.6. The van der Waals surface area contributed by atoms with E-state index in [1.807, 2.05) is 50.5 Å². The predicted molar refractivity (Wildman–Crippen MR) is 99.5 cm³/mol. The molecule has 7 heteroatoms. The van der Waals surface area contributed by atoms with Crippen LogP contribution in [0.2, 0.25) is 0 Å². The normalized spacial score (nSPS) is 32.8. The predicted octanol–water partition coefficient (Wildman–Crippen LogP) is 2.59. The Morgan fingerprint density at radius 2 is 2.07 bits per heavy atom. The fourth-order valence-electron chi connectivity index (χ4n) is 5.03. The highest BCUT2D eigenvalue weighted by Gasteiger charge is 2.68. The van der Waals surface area contributed by atoms with Gasteiger partial charge in [-0.15, -0.1) is 0 Å². The van der Waals surface area contributed by atoms with Crippen molar-refractivity contribution in [3.63, 3.8) is 0 Å². The summed E-state index contributed by atoms with van der Waals surface area (Å²) in [5, 5.41) is 15.6. The Bertz CT molecular complexity index is 909. The Labute approximate surface area is 163 Å². The summed E-state index contributed by atoms with van der Waals surface area (Å²) in [7, 11) is 5.61. The summed E-state index contributed by atoms with van der Waals surface area (Å²) in [5.74, 6) is 1.63. The van der Waals surface area contributed by atoms with Gasteiger partial charge in [0.25, 0.3) is 5.88 Å². The standard InChI is InChI=1S/C21H24N2O5/c1-23(2)17-14-9-13-10-15(25-3)21(14,27-13)19(24)16-18(17)28-22-20(16)26-11-12-7-5-4-6-8-12/h4-8,10,13-14,17,19,24H,9,11H2,1-3H3/t13-,14-,17-,19?,21-/m0/s1. The Morgan fingerprint density at radius 3 is 2.79 bits per heavy atom. The van der Waals surface area contributed by atoms with Gasteiger partial charge in [0, 0.05) is 5.92 Å². The molecule has 1 spiro atoms. The summed E-state index contributed by atoms with van der Waals surface area (Å²) < 4.78 is 23.6. The first-order valence-electron chi connectivity index (χ1n) is 9.51. The number of aliphatic hydroxyl groups is 1. The highest BCUT2D eigenvalue weighted by Crippen LogP contribution is 2.63. The summed E-state index contributed by atoms with van der Waals surface area (Å²) >= 11 is 0. The van der Waals surface area contributed by atoms with E-state index in [1.165, 1.54) is 0 Å². The average molecular weight is 384 g/mol. The lowest BCUT2D eigenvalue weighted by Crippen LogP contribution is -2.51. The van der Waals surface area contributed by atoms with Gasteiger partial charge in [-0.05, 0) is 37.3 Å². The Morgan fingerprint density at radius 1 is 1.29 bits per heavy atom. The molecule has 2 aromatic rings. The third-order valence-corrected chi connectivity index (χ3v) is 6.15. The molecule has 148 valence electrons. The molecule has 1 saturated heterocycles. The Hall–Kier alpha value is -2.35. The van der Waals surface area contributed by atoms with E-state index in [1.54, 1.807) is 7.11 Å². The molecule has 7 nitrogen and oxygen atoms in total. The molecule has 1 aromatic carbocycles. The zero-order chi connectivity index (χ0) is 19.5. The van der Waals surface area contributed by atoms with Crippen LogP contribution >= 0.6 is 0 Å². The quantitative estimate of drug-likeness (QED) is 0.849. The van der Waals surface area contributed by atoms with Crippen LogP contribution in [0.5, 0.6) is 5.88 Å².